The average Bonchev–Trinajstić information content (AvgIpc) is 2.84. The first kappa shape index (κ1) is 12.7. The zero-order valence-corrected chi connectivity index (χ0v) is 11.1. The highest BCUT2D eigenvalue weighted by molar-refractivity contribution is 9.10. The zero-order valence-electron chi connectivity index (χ0n) is 9.56. The Labute approximate surface area is 109 Å². The number of rotatable bonds is 6. The fourth-order valence-electron chi connectivity index (χ4n) is 1.57. The molecule has 1 atom stereocenters. The molecular formula is C11H16BrN3O2. The van der Waals surface area contributed by atoms with Gasteiger partial charge in [0.25, 0.3) is 0 Å². The Morgan fingerprint density at radius 2 is 2.29 bits per heavy atom. The van der Waals surface area contributed by atoms with Gasteiger partial charge in [0.15, 0.2) is 0 Å². The molecule has 0 spiro atoms. The Balaban J connectivity index is 1.55. The molecule has 1 aliphatic heterocycles. The third-order valence-electron chi connectivity index (χ3n) is 2.47. The van der Waals surface area contributed by atoms with Gasteiger partial charge >= 0.3 is 0 Å². The highest BCUT2D eigenvalue weighted by Gasteiger charge is 2.15. The second-order valence-corrected chi connectivity index (χ2v) is 4.78. The molecule has 1 saturated heterocycles. The Bertz CT molecular complexity index is 328. The standard InChI is InChI=1S/C11H16BrN3O2/c12-9-6-14-11(15-7-9)13-3-1-4-17-10-2-5-16-8-10/h6-7,10H,1-5,8H2,(H,13,14,15)/t10-/m0/s1. The van der Waals surface area contributed by atoms with Crippen LogP contribution < -0.4 is 5.32 Å². The van der Waals surface area contributed by atoms with Crippen LogP contribution in [0.2, 0.25) is 0 Å². The lowest BCUT2D eigenvalue weighted by Gasteiger charge is -2.09. The van der Waals surface area contributed by atoms with Gasteiger partial charge in [0, 0.05) is 32.2 Å². The van der Waals surface area contributed by atoms with E-state index in [-0.39, 0.29) is 0 Å². The average molecular weight is 302 g/mol. The van der Waals surface area contributed by atoms with E-state index in [1.807, 2.05) is 0 Å². The lowest BCUT2D eigenvalue weighted by molar-refractivity contribution is 0.0427. The maximum atomic E-state index is 5.65. The van der Waals surface area contributed by atoms with E-state index >= 15 is 0 Å². The fourth-order valence-corrected chi connectivity index (χ4v) is 1.78. The summed E-state index contributed by atoms with van der Waals surface area (Å²) in [6.45, 7) is 3.13. The number of ether oxygens (including phenoxy) is 2. The van der Waals surface area contributed by atoms with Crippen LogP contribution in [0.5, 0.6) is 0 Å². The van der Waals surface area contributed by atoms with Gasteiger partial charge in [-0.05, 0) is 28.8 Å². The summed E-state index contributed by atoms with van der Waals surface area (Å²) in [5, 5.41) is 3.14. The number of hydrogen-bond donors (Lipinski definition) is 1. The van der Waals surface area contributed by atoms with Gasteiger partial charge in [-0.3, -0.25) is 0 Å². The van der Waals surface area contributed by atoms with Crippen LogP contribution in [0.3, 0.4) is 0 Å². The molecule has 0 bridgehead atoms. The Kier molecular flexibility index (Phi) is 5.15. The molecule has 1 aliphatic rings. The molecule has 1 fully saturated rings. The second-order valence-electron chi connectivity index (χ2n) is 3.86. The zero-order chi connectivity index (χ0) is 11.9. The van der Waals surface area contributed by atoms with Crippen LogP contribution in [0, 0.1) is 0 Å². The van der Waals surface area contributed by atoms with E-state index in [1.165, 1.54) is 0 Å². The summed E-state index contributed by atoms with van der Waals surface area (Å²) in [5.74, 6) is 0.650. The van der Waals surface area contributed by atoms with E-state index < -0.39 is 0 Å². The minimum Gasteiger partial charge on any atom is -0.379 e. The lowest BCUT2D eigenvalue weighted by Crippen LogP contribution is -2.15. The van der Waals surface area contributed by atoms with E-state index in [0.29, 0.717) is 12.1 Å². The quantitative estimate of drug-likeness (QED) is 0.813. The first-order chi connectivity index (χ1) is 8.34. The normalized spacial score (nSPS) is 19.5. The summed E-state index contributed by atoms with van der Waals surface area (Å²) >= 11 is 3.29. The topological polar surface area (TPSA) is 56.3 Å². The lowest BCUT2D eigenvalue weighted by atomic mass is 10.3. The minimum atomic E-state index is 0.291. The van der Waals surface area contributed by atoms with Gasteiger partial charge in [-0.15, -0.1) is 0 Å². The predicted molar refractivity (Wildman–Crippen MR) is 68.0 cm³/mol. The minimum absolute atomic E-state index is 0.291. The predicted octanol–water partition coefficient (Wildman–Crippen LogP) is 1.85. The van der Waals surface area contributed by atoms with Crippen molar-refractivity contribution in [2.75, 3.05) is 31.7 Å². The van der Waals surface area contributed by atoms with Crippen molar-refractivity contribution in [1.29, 1.82) is 0 Å². The van der Waals surface area contributed by atoms with Crippen LogP contribution in [0.25, 0.3) is 0 Å². The molecule has 6 heteroatoms. The van der Waals surface area contributed by atoms with Gasteiger partial charge in [-0.1, -0.05) is 0 Å². The Hall–Kier alpha value is -0.720. The summed E-state index contributed by atoms with van der Waals surface area (Å²) in [6, 6.07) is 0. The third kappa shape index (κ3) is 4.57. The third-order valence-corrected chi connectivity index (χ3v) is 2.88. The highest BCUT2D eigenvalue weighted by atomic mass is 79.9. The smallest absolute Gasteiger partial charge is 0.222 e. The maximum Gasteiger partial charge on any atom is 0.222 e. The van der Waals surface area contributed by atoms with Crippen LogP contribution in [-0.4, -0.2) is 42.4 Å². The maximum absolute atomic E-state index is 5.65. The number of hydrogen-bond acceptors (Lipinski definition) is 5. The monoisotopic (exact) mass is 301 g/mol. The molecule has 17 heavy (non-hydrogen) atoms. The van der Waals surface area contributed by atoms with Gasteiger partial charge < -0.3 is 14.8 Å². The molecular weight excluding hydrogens is 286 g/mol. The highest BCUT2D eigenvalue weighted by Crippen LogP contribution is 2.09. The SMILES string of the molecule is Brc1cnc(NCCCO[C@H]2CCOC2)nc1. The van der Waals surface area contributed by atoms with Crippen LogP contribution in [0.15, 0.2) is 16.9 Å². The molecule has 0 aromatic carbocycles. The number of nitrogens with zero attached hydrogens (tertiary/aromatic N) is 2. The van der Waals surface area contributed by atoms with Crippen LogP contribution >= 0.6 is 15.9 Å². The summed E-state index contributed by atoms with van der Waals surface area (Å²) in [7, 11) is 0. The second kappa shape index (κ2) is 6.88. The van der Waals surface area contributed by atoms with Crippen molar-refractivity contribution < 1.29 is 9.47 Å². The molecule has 2 rings (SSSR count). The van der Waals surface area contributed by atoms with Crippen molar-refractivity contribution in [1.82, 2.24) is 9.97 Å². The van der Waals surface area contributed by atoms with Gasteiger partial charge in [-0.2, -0.15) is 0 Å². The molecule has 2 heterocycles. The van der Waals surface area contributed by atoms with E-state index in [9.17, 15) is 0 Å². The molecule has 5 nitrogen and oxygen atoms in total. The van der Waals surface area contributed by atoms with Crippen molar-refractivity contribution in [2.45, 2.75) is 18.9 Å². The largest absolute Gasteiger partial charge is 0.379 e. The number of aromatic nitrogens is 2. The van der Waals surface area contributed by atoms with Crippen molar-refractivity contribution in [3.05, 3.63) is 16.9 Å². The molecule has 0 saturated carbocycles. The molecule has 0 aliphatic carbocycles. The van der Waals surface area contributed by atoms with E-state index in [4.69, 9.17) is 9.47 Å². The van der Waals surface area contributed by atoms with Crippen LogP contribution in [0.1, 0.15) is 12.8 Å². The summed E-state index contributed by atoms with van der Waals surface area (Å²) < 4.78 is 11.8. The number of halogens is 1. The van der Waals surface area contributed by atoms with Crippen molar-refractivity contribution in [3.63, 3.8) is 0 Å². The first-order valence-electron chi connectivity index (χ1n) is 5.75. The summed E-state index contributed by atoms with van der Waals surface area (Å²) in [6.07, 6.45) is 5.70. The summed E-state index contributed by atoms with van der Waals surface area (Å²) in [4.78, 5) is 8.25. The fraction of sp³-hybridized carbons (Fsp3) is 0.636. The van der Waals surface area contributed by atoms with Gasteiger partial charge in [0.05, 0.1) is 17.2 Å². The number of nitrogens with one attached hydrogen (secondary N) is 1. The first-order valence-corrected chi connectivity index (χ1v) is 6.54. The molecule has 0 radical (unpaired) electrons. The van der Waals surface area contributed by atoms with Gasteiger partial charge in [0.2, 0.25) is 5.95 Å². The molecule has 1 N–H and O–H groups in total. The molecule has 0 amide bonds. The summed E-state index contributed by atoms with van der Waals surface area (Å²) in [5.41, 5.74) is 0. The van der Waals surface area contributed by atoms with E-state index in [0.717, 1.165) is 43.7 Å². The van der Waals surface area contributed by atoms with Crippen molar-refractivity contribution >= 4 is 21.9 Å². The molecule has 1 aromatic rings. The number of anilines is 1. The van der Waals surface area contributed by atoms with Gasteiger partial charge in [0.1, 0.15) is 0 Å². The van der Waals surface area contributed by atoms with Crippen LogP contribution in [0.4, 0.5) is 5.95 Å². The van der Waals surface area contributed by atoms with Crippen molar-refractivity contribution in [3.8, 4) is 0 Å². The van der Waals surface area contributed by atoms with Gasteiger partial charge in [-0.25, -0.2) is 9.97 Å². The van der Waals surface area contributed by atoms with E-state index in [1.54, 1.807) is 12.4 Å². The van der Waals surface area contributed by atoms with Crippen LogP contribution in [-0.2, 0) is 9.47 Å². The van der Waals surface area contributed by atoms with Crippen molar-refractivity contribution in [2.24, 2.45) is 0 Å². The molecule has 1 aromatic heterocycles. The molecule has 94 valence electrons. The van der Waals surface area contributed by atoms with E-state index in [2.05, 4.69) is 31.2 Å². The Morgan fingerprint density at radius 3 is 3.00 bits per heavy atom. The molecule has 0 unspecified atom stereocenters. The Morgan fingerprint density at radius 1 is 1.47 bits per heavy atom.